The zero-order chi connectivity index (χ0) is 13.8. The highest BCUT2D eigenvalue weighted by Gasteiger charge is 2.31. The molecule has 0 spiro atoms. The molecule has 19 heavy (non-hydrogen) atoms. The highest BCUT2D eigenvalue weighted by molar-refractivity contribution is 5.94. The first-order valence-corrected chi connectivity index (χ1v) is 6.35. The van der Waals surface area contributed by atoms with Gasteiger partial charge in [0.2, 0.25) is 11.8 Å². The van der Waals surface area contributed by atoms with Crippen LogP contribution in [0.5, 0.6) is 5.75 Å². The molecule has 2 rings (SSSR count). The first-order chi connectivity index (χ1) is 9.13. The molecule has 1 aromatic carbocycles. The van der Waals surface area contributed by atoms with Gasteiger partial charge in [-0.25, -0.2) is 0 Å². The topological polar surface area (TPSA) is 58.6 Å². The molecule has 1 aliphatic rings. The fourth-order valence-corrected chi connectivity index (χ4v) is 2.18. The van der Waals surface area contributed by atoms with Crippen LogP contribution in [0.15, 0.2) is 24.3 Å². The van der Waals surface area contributed by atoms with Crippen LogP contribution in [0.3, 0.4) is 0 Å². The summed E-state index contributed by atoms with van der Waals surface area (Å²) < 4.78 is 5.15. The summed E-state index contributed by atoms with van der Waals surface area (Å²) in [7, 11) is 1.60. The zero-order valence-electron chi connectivity index (χ0n) is 11.2. The predicted octanol–water partition coefficient (Wildman–Crippen LogP) is 0.932. The SMILES string of the molecule is CCC1NC(=O)CN(Cc2cccc(OC)c2)C1=O. The van der Waals surface area contributed by atoms with Gasteiger partial charge >= 0.3 is 0 Å². The third kappa shape index (κ3) is 3.05. The van der Waals surface area contributed by atoms with E-state index in [0.717, 1.165) is 11.3 Å². The molecule has 1 fully saturated rings. The Kier molecular flexibility index (Phi) is 4.04. The predicted molar refractivity (Wildman–Crippen MR) is 70.6 cm³/mol. The summed E-state index contributed by atoms with van der Waals surface area (Å²) in [5.41, 5.74) is 0.956. The fraction of sp³-hybridized carbons (Fsp3) is 0.429. The standard InChI is InChI=1S/C14H18N2O3/c1-3-12-14(18)16(9-13(17)15-12)8-10-5-4-6-11(7-10)19-2/h4-7,12H,3,8-9H2,1-2H3,(H,15,17). The molecule has 2 amide bonds. The van der Waals surface area contributed by atoms with Crippen molar-refractivity contribution in [2.45, 2.75) is 25.9 Å². The second kappa shape index (κ2) is 5.73. The van der Waals surface area contributed by atoms with Gasteiger partial charge in [0.25, 0.3) is 0 Å². The monoisotopic (exact) mass is 262 g/mol. The van der Waals surface area contributed by atoms with Crippen molar-refractivity contribution in [3.8, 4) is 5.75 Å². The lowest BCUT2D eigenvalue weighted by Crippen LogP contribution is -2.57. The number of piperazine rings is 1. The molecular weight excluding hydrogens is 244 g/mol. The molecule has 0 bridgehead atoms. The number of carbonyl (C=O) groups is 2. The lowest BCUT2D eigenvalue weighted by molar-refractivity contribution is -0.144. The van der Waals surface area contributed by atoms with E-state index in [1.807, 2.05) is 31.2 Å². The summed E-state index contributed by atoms with van der Waals surface area (Å²) in [6.07, 6.45) is 0.610. The maximum Gasteiger partial charge on any atom is 0.245 e. The minimum Gasteiger partial charge on any atom is -0.497 e. The number of carbonyl (C=O) groups excluding carboxylic acids is 2. The van der Waals surface area contributed by atoms with Crippen LogP contribution in [0.4, 0.5) is 0 Å². The second-order valence-corrected chi connectivity index (χ2v) is 4.57. The largest absolute Gasteiger partial charge is 0.497 e. The van der Waals surface area contributed by atoms with Gasteiger partial charge in [0, 0.05) is 6.54 Å². The molecule has 0 radical (unpaired) electrons. The van der Waals surface area contributed by atoms with Crippen molar-refractivity contribution in [1.29, 1.82) is 0 Å². The minimum atomic E-state index is -0.396. The third-order valence-electron chi connectivity index (χ3n) is 3.20. The van der Waals surface area contributed by atoms with Crippen molar-refractivity contribution in [3.63, 3.8) is 0 Å². The summed E-state index contributed by atoms with van der Waals surface area (Å²) in [5.74, 6) is 0.623. The van der Waals surface area contributed by atoms with Gasteiger partial charge in [-0.2, -0.15) is 0 Å². The maximum atomic E-state index is 12.1. The molecule has 1 heterocycles. The lowest BCUT2D eigenvalue weighted by atomic mass is 10.1. The average molecular weight is 262 g/mol. The number of amides is 2. The van der Waals surface area contributed by atoms with Gasteiger partial charge < -0.3 is 15.0 Å². The van der Waals surface area contributed by atoms with E-state index in [9.17, 15) is 9.59 Å². The molecule has 1 N–H and O–H groups in total. The molecule has 0 saturated carbocycles. The highest BCUT2D eigenvalue weighted by atomic mass is 16.5. The van der Waals surface area contributed by atoms with Gasteiger partial charge in [-0.15, -0.1) is 0 Å². The maximum absolute atomic E-state index is 12.1. The molecule has 0 aromatic heterocycles. The van der Waals surface area contributed by atoms with Crippen molar-refractivity contribution < 1.29 is 14.3 Å². The Morgan fingerprint density at radius 3 is 2.89 bits per heavy atom. The Labute approximate surface area is 112 Å². The third-order valence-corrected chi connectivity index (χ3v) is 3.20. The summed E-state index contributed by atoms with van der Waals surface area (Å²) in [5, 5.41) is 2.70. The van der Waals surface area contributed by atoms with Gasteiger partial charge in [0.05, 0.1) is 13.7 Å². The Balaban J connectivity index is 2.12. The van der Waals surface area contributed by atoms with Crippen molar-refractivity contribution in [2.75, 3.05) is 13.7 Å². The van der Waals surface area contributed by atoms with Gasteiger partial charge in [-0.1, -0.05) is 19.1 Å². The van der Waals surface area contributed by atoms with E-state index in [1.54, 1.807) is 12.0 Å². The molecular formula is C14H18N2O3. The summed E-state index contributed by atoms with van der Waals surface area (Å²) in [6.45, 7) is 2.43. The van der Waals surface area contributed by atoms with Gasteiger partial charge in [-0.3, -0.25) is 9.59 Å². The number of hydrogen-bond donors (Lipinski definition) is 1. The minimum absolute atomic E-state index is 0.0232. The van der Waals surface area contributed by atoms with Gasteiger partial charge in [0.1, 0.15) is 11.8 Å². The van der Waals surface area contributed by atoms with Crippen LogP contribution >= 0.6 is 0 Å². The van der Waals surface area contributed by atoms with Crippen LogP contribution in [0.1, 0.15) is 18.9 Å². The number of methoxy groups -OCH3 is 1. The van der Waals surface area contributed by atoms with Crippen LogP contribution < -0.4 is 10.1 Å². The first kappa shape index (κ1) is 13.4. The summed E-state index contributed by atoms with van der Waals surface area (Å²) >= 11 is 0. The molecule has 1 aromatic rings. The van der Waals surface area contributed by atoms with Crippen LogP contribution in [-0.4, -0.2) is 36.4 Å². The van der Waals surface area contributed by atoms with E-state index in [0.29, 0.717) is 13.0 Å². The molecule has 1 atom stereocenters. The summed E-state index contributed by atoms with van der Waals surface area (Å²) in [4.78, 5) is 25.3. The molecule has 5 nitrogen and oxygen atoms in total. The number of hydrogen-bond acceptors (Lipinski definition) is 3. The van der Waals surface area contributed by atoms with Crippen molar-refractivity contribution in [3.05, 3.63) is 29.8 Å². The quantitative estimate of drug-likeness (QED) is 0.878. The molecule has 0 aliphatic carbocycles. The van der Waals surface area contributed by atoms with Crippen LogP contribution in [0, 0.1) is 0 Å². The molecule has 1 unspecified atom stereocenters. The van der Waals surface area contributed by atoms with Crippen molar-refractivity contribution >= 4 is 11.8 Å². The van der Waals surface area contributed by atoms with Gasteiger partial charge in [-0.05, 0) is 24.1 Å². The zero-order valence-corrected chi connectivity index (χ0v) is 11.2. The van der Waals surface area contributed by atoms with E-state index in [4.69, 9.17) is 4.74 Å². The van der Waals surface area contributed by atoms with E-state index in [-0.39, 0.29) is 18.4 Å². The Bertz CT molecular complexity index is 487. The fourth-order valence-electron chi connectivity index (χ4n) is 2.18. The lowest BCUT2D eigenvalue weighted by Gasteiger charge is -2.32. The normalized spacial score (nSPS) is 19.3. The van der Waals surface area contributed by atoms with Crippen molar-refractivity contribution in [1.82, 2.24) is 10.2 Å². The van der Waals surface area contributed by atoms with Crippen LogP contribution in [0.25, 0.3) is 0 Å². The number of nitrogens with zero attached hydrogens (tertiary/aromatic N) is 1. The second-order valence-electron chi connectivity index (χ2n) is 4.57. The van der Waals surface area contributed by atoms with Crippen LogP contribution in [0.2, 0.25) is 0 Å². The van der Waals surface area contributed by atoms with E-state index in [1.165, 1.54) is 0 Å². The Morgan fingerprint density at radius 1 is 1.42 bits per heavy atom. The van der Waals surface area contributed by atoms with Crippen molar-refractivity contribution in [2.24, 2.45) is 0 Å². The number of nitrogens with one attached hydrogen (secondary N) is 1. The van der Waals surface area contributed by atoms with E-state index in [2.05, 4.69) is 5.32 Å². The smallest absolute Gasteiger partial charge is 0.245 e. The molecule has 1 saturated heterocycles. The van der Waals surface area contributed by atoms with Gasteiger partial charge in [0.15, 0.2) is 0 Å². The van der Waals surface area contributed by atoms with Crippen LogP contribution in [-0.2, 0) is 16.1 Å². The average Bonchev–Trinajstić information content (AvgIpc) is 2.42. The number of ether oxygens (including phenoxy) is 1. The van der Waals surface area contributed by atoms with E-state index >= 15 is 0 Å². The first-order valence-electron chi connectivity index (χ1n) is 6.35. The Hall–Kier alpha value is -2.04. The number of rotatable bonds is 4. The molecule has 5 heteroatoms. The van der Waals surface area contributed by atoms with E-state index < -0.39 is 6.04 Å². The Morgan fingerprint density at radius 2 is 2.21 bits per heavy atom. The molecule has 102 valence electrons. The highest BCUT2D eigenvalue weighted by Crippen LogP contribution is 2.16. The summed E-state index contributed by atoms with van der Waals surface area (Å²) in [6, 6.07) is 7.12. The number of benzene rings is 1. The molecule has 1 aliphatic heterocycles.